The van der Waals surface area contributed by atoms with Crippen LogP contribution in [-0.2, 0) is 13.0 Å². The first-order chi connectivity index (χ1) is 7.74. The van der Waals surface area contributed by atoms with Gasteiger partial charge in [0.15, 0.2) is 0 Å². The van der Waals surface area contributed by atoms with E-state index in [-0.39, 0.29) is 0 Å². The van der Waals surface area contributed by atoms with Gasteiger partial charge in [0.2, 0.25) is 0 Å². The lowest BCUT2D eigenvalue weighted by Gasteiger charge is -2.31. The van der Waals surface area contributed by atoms with Crippen LogP contribution in [0.1, 0.15) is 49.7 Å². The molecule has 1 aliphatic carbocycles. The average molecular weight is 217 g/mol. The van der Waals surface area contributed by atoms with Gasteiger partial charge in [-0.25, -0.2) is 9.97 Å². The standard InChI is InChI=1S/C13H19N3/c1-9(2)16-6-5-12-11(8-16)7-14-13(15-12)10-3-4-10/h7,9-10H,3-6,8H2,1-2H3. The molecule has 0 radical (unpaired) electrons. The molecule has 3 nitrogen and oxygen atoms in total. The Balaban J connectivity index is 1.83. The van der Waals surface area contributed by atoms with E-state index >= 15 is 0 Å². The zero-order chi connectivity index (χ0) is 11.1. The maximum absolute atomic E-state index is 4.73. The number of nitrogens with zero attached hydrogens (tertiary/aromatic N) is 3. The van der Waals surface area contributed by atoms with Gasteiger partial charge >= 0.3 is 0 Å². The quantitative estimate of drug-likeness (QED) is 0.760. The maximum Gasteiger partial charge on any atom is 0.131 e. The number of hydrogen-bond acceptors (Lipinski definition) is 3. The van der Waals surface area contributed by atoms with E-state index in [1.807, 2.05) is 0 Å². The molecule has 3 heteroatoms. The van der Waals surface area contributed by atoms with E-state index in [4.69, 9.17) is 4.98 Å². The van der Waals surface area contributed by atoms with Crippen molar-refractivity contribution in [2.24, 2.45) is 0 Å². The highest BCUT2D eigenvalue weighted by atomic mass is 15.2. The fraction of sp³-hybridized carbons (Fsp3) is 0.692. The third-order valence-electron chi connectivity index (χ3n) is 3.65. The van der Waals surface area contributed by atoms with Gasteiger partial charge in [0, 0.05) is 48.9 Å². The Morgan fingerprint density at radius 3 is 2.88 bits per heavy atom. The third kappa shape index (κ3) is 1.84. The van der Waals surface area contributed by atoms with E-state index in [0.717, 1.165) is 25.3 Å². The van der Waals surface area contributed by atoms with Crippen LogP contribution in [0, 0.1) is 0 Å². The Hall–Kier alpha value is -0.960. The van der Waals surface area contributed by atoms with Crippen molar-refractivity contribution in [1.29, 1.82) is 0 Å². The minimum atomic E-state index is 0.622. The fourth-order valence-corrected chi connectivity index (χ4v) is 2.33. The van der Waals surface area contributed by atoms with Gasteiger partial charge in [0.05, 0.1) is 0 Å². The van der Waals surface area contributed by atoms with Crippen molar-refractivity contribution >= 4 is 0 Å². The van der Waals surface area contributed by atoms with E-state index in [1.165, 1.54) is 24.1 Å². The summed E-state index contributed by atoms with van der Waals surface area (Å²) in [4.78, 5) is 11.7. The summed E-state index contributed by atoms with van der Waals surface area (Å²) in [6.07, 6.45) is 5.73. The summed E-state index contributed by atoms with van der Waals surface area (Å²) in [6.45, 7) is 6.68. The summed E-state index contributed by atoms with van der Waals surface area (Å²) in [5.41, 5.74) is 2.64. The maximum atomic E-state index is 4.73. The van der Waals surface area contributed by atoms with Crippen molar-refractivity contribution in [2.75, 3.05) is 6.54 Å². The van der Waals surface area contributed by atoms with E-state index in [2.05, 4.69) is 29.9 Å². The first-order valence-corrected chi connectivity index (χ1v) is 6.33. The monoisotopic (exact) mass is 217 g/mol. The molecule has 0 aromatic carbocycles. The highest BCUT2D eigenvalue weighted by Crippen LogP contribution is 2.38. The Kier molecular flexibility index (Phi) is 2.43. The predicted molar refractivity (Wildman–Crippen MR) is 63.3 cm³/mol. The van der Waals surface area contributed by atoms with Crippen LogP contribution in [0.2, 0.25) is 0 Å². The molecule has 0 saturated heterocycles. The lowest BCUT2D eigenvalue weighted by molar-refractivity contribution is 0.201. The third-order valence-corrected chi connectivity index (χ3v) is 3.65. The molecule has 0 amide bonds. The normalized spacial score (nSPS) is 21.2. The van der Waals surface area contributed by atoms with Crippen LogP contribution >= 0.6 is 0 Å². The summed E-state index contributed by atoms with van der Waals surface area (Å²) < 4.78 is 0. The molecule has 1 aromatic rings. The number of aromatic nitrogens is 2. The van der Waals surface area contributed by atoms with E-state index in [1.54, 1.807) is 0 Å². The Morgan fingerprint density at radius 1 is 1.38 bits per heavy atom. The van der Waals surface area contributed by atoms with Crippen molar-refractivity contribution in [3.63, 3.8) is 0 Å². The molecule has 3 rings (SSSR count). The molecule has 0 bridgehead atoms. The average Bonchev–Trinajstić information content (AvgIpc) is 3.11. The summed E-state index contributed by atoms with van der Waals surface area (Å²) in [7, 11) is 0. The molecular weight excluding hydrogens is 198 g/mol. The molecule has 1 saturated carbocycles. The number of hydrogen-bond donors (Lipinski definition) is 0. The zero-order valence-electron chi connectivity index (χ0n) is 10.1. The molecule has 0 spiro atoms. The second-order valence-corrected chi connectivity index (χ2v) is 5.29. The van der Waals surface area contributed by atoms with Gasteiger partial charge in [-0.1, -0.05) is 0 Å². The van der Waals surface area contributed by atoms with Gasteiger partial charge in [-0.05, 0) is 26.7 Å². The lowest BCUT2D eigenvalue weighted by Crippen LogP contribution is -2.36. The molecule has 0 atom stereocenters. The molecule has 16 heavy (non-hydrogen) atoms. The molecule has 0 unspecified atom stereocenters. The SMILES string of the molecule is CC(C)N1CCc2nc(C3CC3)ncc2C1. The Bertz CT molecular complexity index is 396. The predicted octanol–water partition coefficient (Wildman–Crippen LogP) is 2.12. The summed E-state index contributed by atoms with van der Waals surface area (Å²) in [6, 6.07) is 0.622. The molecule has 1 aromatic heterocycles. The largest absolute Gasteiger partial charge is 0.296 e. The van der Waals surface area contributed by atoms with Crippen LogP contribution in [0.4, 0.5) is 0 Å². The van der Waals surface area contributed by atoms with Crippen LogP contribution < -0.4 is 0 Å². The van der Waals surface area contributed by atoms with Crippen LogP contribution in [0.15, 0.2) is 6.20 Å². The van der Waals surface area contributed by atoms with Crippen molar-refractivity contribution < 1.29 is 0 Å². The van der Waals surface area contributed by atoms with Gasteiger partial charge < -0.3 is 0 Å². The van der Waals surface area contributed by atoms with E-state index in [0.29, 0.717) is 12.0 Å². The van der Waals surface area contributed by atoms with Gasteiger partial charge in [-0.3, -0.25) is 4.90 Å². The minimum absolute atomic E-state index is 0.622. The smallest absolute Gasteiger partial charge is 0.131 e. The van der Waals surface area contributed by atoms with Gasteiger partial charge in [0.1, 0.15) is 5.82 Å². The summed E-state index contributed by atoms with van der Waals surface area (Å²) in [5, 5.41) is 0. The lowest BCUT2D eigenvalue weighted by atomic mass is 10.1. The molecule has 2 aliphatic rings. The second-order valence-electron chi connectivity index (χ2n) is 5.29. The highest BCUT2D eigenvalue weighted by molar-refractivity contribution is 5.22. The van der Waals surface area contributed by atoms with Crippen LogP contribution in [0.25, 0.3) is 0 Å². The number of fused-ring (bicyclic) bond motifs is 1. The van der Waals surface area contributed by atoms with Crippen LogP contribution in [0.5, 0.6) is 0 Å². The van der Waals surface area contributed by atoms with Crippen molar-refractivity contribution in [3.8, 4) is 0 Å². The number of rotatable bonds is 2. The van der Waals surface area contributed by atoms with Crippen LogP contribution in [0.3, 0.4) is 0 Å². The first-order valence-electron chi connectivity index (χ1n) is 6.33. The summed E-state index contributed by atoms with van der Waals surface area (Å²) in [5.74, 6) is 1.77. The summed E-state index contributed by atoms with van der Waals surface area (Å²) >= 11 is 0. The molecular formula is C13H19N3. The highest BCUT2D eigenvalue weighted by Gasteiger charge is 2.28. The molecule has 86 valence electrons. The molecule has 2 heterocycles. The van der Waals surface area contributed by atoms with Crippen molar-refractivity contribution in [3.05, 3.63) is 23.3 Å². The van der Waals surface area contributed by atoms with Gasteiger partial charge in [-0.2, -0.15) is 0 Å². The molecule has 1 aliphatic heterocycles. The van der Waals surface area contributed by atoms with Gasteiger partial charge in [-0.15, -0.1) is 0 Å². The van der Waals surface area contributed by atoms with Crippen LogP contribution in [-0.4, -0.2) is 27.5 Å². The van der Waals surface area contributed by atoms with Crippen molar-refractivity contribution in [1.82, 2.24) is 14.9 Å². The molecule has 1 fully saturated rings. The Labute approximate surface area is 96.9 Å². The first kappa shape index (κ1) is 10.2. The van der Waals surface area contributed by atoms with Crippen molar-refractivity contribution in [2.45, 2.75) is 51.6 Å². The second kappa shape index (κ2) is 3.81. The van der Waals surface area contributed by atoms with E-state index < -0.39 is 0 Å². The fourth-order valence-electron chi connectivity index (χ4n) is 2.33. The zero-order valence-corrected chi connectivity index (χ0v) is 10.1. The Morgan fingerprint density at radius 2 is 2.19 bits per heavy atom. The molecule has 0 N–H and O–H groups in total. The van der Waals surface area contributed by atoms with E-state index in [9.17, 15) is 0 Å². The minimum Gasteiger partial charge on any atom is -0.296 e. The van der Waals surface area contributed by atoms with Gasteiger partial charge in [0.25, 0.3) is 0 Å². The topological polar surface area (TPSA) is 29.0 Å².